The average molecular weight is 463 g/mol. The molecule has 9 nitrogen and oxygen atoms in total. The SMILES string of the molecule is COc1cc(Nc2ccnc(-c3ccc(OC4CCOCC4)c(C#N)c3)n2)cc(OC)c1OC. The number of ether oxygens (including phenoxy) is 5. The van der Waals surface area contributed by atoms with Crippen LogP contribution in [-0.4, -0.2) is 50.6 Å². The standard InChI is InChI=1S/C25H26N4O5/c1-30-21-13-18(14-22(31-2)24(21)32-3)28-23-6-9-27-25(29-23)16-4-5-20(17(12-16)15-26)34-19-7-10-33-11-8-19/h4-6,9,12-14,19H,7-8,10-11H2,1-3H3,(H,27,28,29). The number of hydrogen-bond acceptors (Lipinski definition) is 9. The summed E-state index contributed by atoms with van der Waals surface area (Å²) in [4.78, 5) is 8.99. The van der Waals surface area contributed by atoms with Gasteiger partial charge in [0.1, 0.15) is 23.7 Å². The number of benzene rings is 2. The molecule has 0 spiro atoms. The summed E-state index contributed by atoms with van der Waals surface area (Å²) in [6.45, 7) is 1.34. The third kappa shape index (κ3) is 5.13. The molecule has 1 aromatic heterocycles. The molecule has 1 N–H and O–H groups in total. The van der Waals surface area contributed by atoms with Crippen LogP contribution in [0.15, 0.2) is 42.6 Å². The fraction of sp³-hybridized carbons (Fsp3) is 0.320. The summed E-state index contributed by atoms with van der Waals surface area (Å²) < 4.78 is 27.6. The van der Waals surface area contributed by atoms with Gasteiger partial charge in [0.15, 0.2) is 17.3 Å². The van der Waals surface area contributed by atoms with Gasteiger partial charge in [0.05, 0.1) is 40.1 Å². The molecule has 0 unspecified atom stereocenters. The van der Waals surface area contributed by atoms with Crippen molar-refractivity contribution in [1.82, 2.24) is 9.97 Å². The first-order valence-electron chi connectivity index (χ1n) is 10.8. The molecule has 0 saturated carbocycles. The fourth-order valence-corrected chi connectivity index (χ4v) is 3.70. The van der Waals surface area contributed by atoms with Crippen LogP contribution in [0.4, 0.5) is 11.5 Å². The zero-order valence-corrected chi connectivity index (χ0v) is 19.3. The van der Waals surface area contributed by atoms with Crippen molar-refractivity contribution >= 4 is 11.5 Å². The summed E-state index contributed by atoms with van der Waals surface area (Å²) in [5.74, 6) is 3.16. The van der Waals surface area contributed by atoms with Crippen LogP contribution in [-0.2, 0) is 4.74 Å². The van der Waals surface area contributed by atoms with Gasteiger partial charge in [0.2, 0.25) is 5.75 Å². The first-order chi connectivity index (χ1) is 16.6. The highest BCUT2D eigenvalue weighted by atomic mass is 16.5. The Labute approximate surface area is 198 Å². The molecule has 0 aliphatic carbocycles. The third-order valence-corrected chi connectivity index (χ3v) is 5.41. The second-order valence-electron chi connectivity index (χ2n) is 7.56. The van der Waals surface area contributed by atoms with Crippen molar-refractivity contribution in [2.24, 2.45) is 0 Å². The molecule has 9 heteroatoms. The monoisotopic (exact) mass is 462 g/mol. The Hall–Kier alpha value is -4.03. The van der Waals surface area contributed by atoms with E-state index in [0.29, 0.717) is 64.7 Å². The molecule has 0 amide bonds. The number of methoxy groups -OCH3 is 3. The van der Waals surface area contributed by atoms with Gasteiger partial charge in [-0.05, 0) is 24.3 Å². The maximum Gasteiger partial charge on any atom is 0.203 e. The molecule has 1 fully saturated rings. The van der Waals surface area contributed by atoms with E-state index >= 15 is 0 Å². The highest BCUT2D eigenvalue weighted by molar-refractivity contribution is 5.68. The van der Waals surface area contributed by atoms with E-state index in [-0.39, 0.29) is 6.10 Å². The zero-order chi connectivity index (χ0) is 23.9. The van der Waals surface area contributed by atoms with E-state index in [0.717, 1.165) is 12.8 Å². The van der Waals surface area contributed by atoms with Gasteiger partial charge < -0.3 is 29.0 Å². The highest BCUT2D eigenvalue weighted by Gasteiger charge is 2.18. The maximum atomic E-state index is 9.67. The number of rotatable bonds is 8. The first-order valence-corrected chi connectivity index (χ1v) is 10.8. The lowest BCUT2D eigenvalue weighted by atomic mass is 10.1. The van der Waals surface area contributed by atoms with Gasteiger partial charge >= 0.3 is 0 Å². The Morgan fingerprint density at radius 1 is 0.971 bits per heavy atom. The topological polar surface area (TPSA) is 108 Å². The highest BCUT2D eigenvalue weighted by Crippen LogP contribution is 2.40. The Kier molecular flexibility index (Phi) is 7.30. The molecule has 4 rings (SSSR count). The van der Waals surface area contributed by atoms with E-state index in [1.165, 1.54) is 0 Å². The van der Waals surface area contributed by atoms with Gasteiger partial charge in [-0.25, -0.2) is 9.97 Å². The molecule has 2 heterocycles. The molecule has 176 valence electrons. The second kappa shape index (κ2) is 10.7. The molecule has 0 bridgehead atoms. The van der Waals surface area contributed by atoms with Gasteiger partial charge in [-0.1, -0.05) is 0 Å². The molecule has 1 saturated heterocycles. The van der Waals surface area contributed by atoms with Gasteiger partial charge in [0.25, 0.3) is 0 Å². The quantitative estimate of drug-likeness (QED) is 0.523. The van der Waals surface area contributed by atoms with Crippen molar-refractivity contribution < 1.29 is 23.7 Å². The zero-order valence-electron chi connectivity index (χ0n) is 19.3. The molecule has 34 heavy (non-hydrogen) atoms. The lowest BCUT2D eigenvalue weighted by molar-refractivity contribution is 0.0254. The fourth-order valence-electron chi connectivity index (χ4n) is 3.70. The Morgan fingerprint density at radius 3 is 2.35 bits per heavy atom. The first kappa shape index (κ1) is 23.1. The van der Waals surface area contributed by atoms with Crippen molar-refractivity contribution in [3.8, 4) is 40.5 Å². The largest absolute Gasteiger partial charge is 0.493 e. The molecule has 3 aromatic rings. The van der Waals surface area contributed by atoms with Crippen molar-refractivity contribution in [2.75, 3.05) is 39.9 Å². The van der Waals surface area contributed by atoms with E-state index < -0.39 is 0 Å². The summed E-state index contributed by atoms with van der Waals surface area (Å²) in [6.07, 6.45) is 3.32. The van der Waals surface area contributed by atoms with E-state index in [1.807, 2.05) is 6.07 Å². The molecular weight excluding hydrogens is 436 g/mol. The van der Waals surface area contributed by atoms with Crippen LogP contribution in [0, 0.1) is 11.3 Å². The van der Waals surface area contributed by atoms with Crippen LogP contribution >= 0.6 is 0 Å². The number of hydrogen-bond donors (Lipinski definition) is 1. The van der Waals surface area contributed by atoms with E-state index in [1.54, 1.807) is 57.9 Å². The van der Waals surface area contributed by atoms with E-state index in [9.17, 15) is 5.26 Å². The summed E-state index contributed by atoms with van der Waals surface area (Å²) in [6, 6.07) is 12.9. The molecular formula is C25H26N4O5. The maximum absolute atomic E-state index is 9.67. The van der Waals surface area contributed by atoms with E-state index in [2.05, 4.69) is 21.4 Å². The van der Waals surface area contributed by atoms with Crippen molar-refractivity contribution in [2.45, 2.75) is 18.9 Å². The molecule has 0 atom stereocenters. The minimum absolute atomic E-state index is 0.0500. The van der Waals surface area contributed by atoms with Gasteiger partial charge in [0, 0.05) is 42.4 Å². The van der Waals surface area contributed by atoms with Crippen LogP contribution in [0.3, 0.4) is 0 Å². The smallest absolute Gasteiger partial charge is 0.203 e. The number of nitriles is 1. The average Bonchev–Trinajstić information content (AvgIpc) is 2.89. The minimum Gasteiger partial charge on any atom is -0.493 e. The van der Waals surface area contributed by atoms with Gasteiger partial charge in [-0.2, -0.15) is 5.26 Å². The van der Waals surface area contributed by atoms with E-state index in [4.69, 9.17) is 23.7 Å². The van der Waals surface area contributed by atoms with Crippen molar-refractivity contribution in [3.05, 3.63) is 48.2 Å². The lowest BCUT2D eigenvalue weighted by Gasteiger charge is -2.23. The minimum atomic E-state index is 0.0500. The lowest BCUT2D eigenvalue weighted by Crippen LogP contribution is -2.26. The number of aromatic nitrogens is 2. The summed E-state index contributed by atoms with van der Waals surface area (Å²) >= 11 is 0. The summed E-state index contributed by atoms with van der Waals surface area (Å²) in [5.41, 5.74) is 1.86. The van der Waals surface area contributed by atoms with Crippen LogP contribution in [0.25, 0.3) is 11.4 Å². The molecule has 1 aliphatic heterocycles. The summed E-state index contributed by atoms with van der Waals surface area (Å²) in [5, 5.41) is 12.9. The van der Waals surface area contributed by atoms with Crippen molar-refractivity contribution in [1.29, 1.82) is 5.26 Å². The Balaban J connectivity index is 1.57. The van der Waals surface area contributed by atoms with Crippen LogP contribution in [0.2, 0.25) is 0 Å². The number of anilines is 2. The van der Waals surface area contributed by atoms with Crippen molar-refractivity contribution in [3.63, 3.8) is 0 Å². The predicted octanol–water partition coefficient (Wildman–Crippen LogP) is 4.34. The van der Waals surface area contributed by atoms with Gasteiger partial charge in [-0.15, -0.1) is 0 Å². The molecule has 1 aliphatic rings. The predicted molar refractivity (Wildman–Crippen MR) is 126 cm³/mol. The second-order valence-corrected chi connectivity index (χ2v) is 7.56. The van der Waals surface area contributed by atoms with Crippen LogP contribution in [0.1, 0.15) is 18.4 Å². The normalized spacial score (nSPS) is 13.6. The summed E-state index contributed by atoms with van der Waals surface area (Å²) in [7, 11) is 4.68. The third-order valence-electron chi connectivity index (χ3n) is 5.41. The number of nitrogens with zero attached hydrogens (tertiary/aromatic N) is 3. The Morgan fingerprint density at radius 2 is 1.71 bits per heavy atom. The molecule has 2 aromatic carbocycles. The Bertz CT molecular complexity index is 1160. The molecule has 0 radical (unpaired) electrons. The van der Waals surface area contributed by atoms with Crippen LogP contribution < -0.4 is 24.3 Å². The number of nitrogens with one attached hydrogen (secondary N) is 1. The van der Waals surface area contributed by atoms with Gasteiger partial charge in [-0.3, -0.25) is 0 Å². The van der Waals surface area contributed by atoms with Crippen LogP contribution in [0.5, 0.6) is 23.0 Å².